The summed E-state index contributed by atoms with van der Waals surface area (Å²) in [7, 11) is 0. The highest BCUT2D eigenvalue weighted by Crippen LogP contribution is 2.21. The molecule has 0 aliphatic rings. The quantitative estimate of drug-likeness (QED) is 0.811. The van der Waals surface area contributed by atoms with Crippen molar-refractivity contribution in [3.05, 3.63) is 34.1 Å². The Balaban J connectivity index is 2.61. The van der Waals surface area contributed by atoms with Gasteiger partial charge in [-0.3, -0.25) is 0 Å². The summed E-state index contributed by atoms with van der Waals surface area (Å²) in [6.07, 6.45) is 2.46. The van der Waals surface area contributed by atoms with Crippen LogP contribution in [0.1, 0.15) is 18.4 Å². The van der Waals surface area contributed by atoms with E-state index in [0.29, 0.717) is 4.47 Å². The van der Waals surface area contributed by atoms with Crippen LogP contribution in [0.5, 0.6) is 0 Å². The van der Waals surface area contributed by atoms with Crippen molar-refractivity contribution in [2.45, 2.75) is 19.3 Å². The lowest BCUT2D eigenvalue weighted by molar-refractivity contribution is 0.284. The number of aryl methyl sites for hydroxylation is 1. The molecule has 3 heteroatoms. The second-order valence-corrected chi connectivity index (χ2v) is 3.69. The van der Waals surface area contributed by atoms with Gasteiger partial charge < -0.3 is 5.11 Å². The molecule has 0 aliphatic carbocycles. The van der Waals surface area contributed by atoms with Crippen molar-refractivity contribution >= 4 is 15.9 Å². The highest BCUT2D eigenvalue weighted by molar-refractivity contribution is 9.10. The van der Waals surface area contributed by atoms with Crippen molar-refractivity contribution in [2.24, 2.45) is 0 Å². The van der Waals surface area contributed by atoms with Gasteiger partial charge in [-0.2, -0.15) is 0 Å². The fraction of sp³-hybridized carbons (Fsp3) is 0.400. The maximum atomic E-state index is 13.0. The zero-order chi connectivity index (χ0) is 9.68. The molecule has 0 saturated carbocycles. The number of halogens is 2. The first-order valence-corrected chi connectivity index (χ1v) is 5.08. The van der Waals surface area contributed by atoms with E-state index in [2.05, 4.69) is 15.9 Å². The maximum Gasteiger partial charge on any atom is 0.137 e. The number of aliphatic hydroxyl groups excluding tert-OH is 1. The average Bonchev–Trinajstić information content (AvgIpc) is 2.13. The van der Waals surface area contributed by atoms with E-state index in [9.17, 15) is 4.39 Å². The van der Waals surface area contributed by atoms with Gasteiger partial charge >= 0.3 is 0 Å². The van der Waals surface area contributed by atoms with Crippen LogP contribution < -0.4 is 0 Å². The van der Waals surface area contributed by atoms with E-state index in [1.165, 1.54) is 6.07 Å². The van der Waals surface area contributed by atoms with Gasteiger partial charge in [0.05, 0.1) is 4.47 Å². The van der Waals surface area contributed by atoms with Crippen LogP contribution in [0.4, 0.5) is 4.39 Å². The number of unbranched alkanes of at least 4 members (excludes halogenated alkanes) is 1. The predicted octanol–water partition coefficient (Wildman–Crippen LogP) is 2.90. The molecule has 0 amide bonds. The molecule has 0 radical (unpaired) electrons. The fourth-order valence-electron chi connectivity index (χ4n) is 1.17. The van der Waals surface area contributed by atoms with Crippen LogP contribution in [-0.2, 0) is 6.42 Å². The largest absolute Gasteiger partial charge is 0.396 e. The van der Waals surface area contributed by atoms with Gasteiger partial charge in [0, 0.05) is 6.61 Å². The third-order valence-electron chi connectivity index (χ3n) is 1.89. The van der Waals surface area contributed by atoms with Crippen molar-refractivity contribution in [1.82, 2.24) is 0 Å². The van der Waals surface area contributed by atoms with Crippen molar-refractivity contribution in [3.8, 4) is 0 Å². The smallest absolute Gasteiger partial charge is 0.137 e. The van der Waals surface area contributed by atoms with Crippen molar-refractivity contribution in [3.63, 3.8) is 0 Å². The normalized spacial score (nSPS) is 10.4. The molecule has 0 saturated heterocycles. The van der Waals surface area contributed by atoms with Crippen LogP contribution in [0.25, 0.3) is 0 Å². The molecule has 0 unspecified atom stereocenters. The number of rotatable bonds is 4. The minimum Gasteiger partial charge on any atom is -0.396 e. The molecule has 0 aromatic heterocycles. The summed E-state index contributed by atoms with van der Waals surface area (Å²) >= 11 is 3.19. The van der Waals surface area contributed by atoms with Gasteiger partial charge in [-0.25, -0.2) is 4.39 Å². The summed E-state index contributed by atoms with van der Waals surface area (Å²) in [6, 6.07) is 5.03. The minimum absolute atomic E-state index is 0.201. The summed E-state index contributed by atoms with van der Waals surface area (Å²) in [4.78, 5) is 0. The van der Waals surface area contributed by atoms with E-state index in [4.69, 9.17) is 5.11 Å². The second-order valence-electron chi connectivity index (χ2n) is 2.89. The lowest BCUT2D eigenvalue weighted by atomic mass is 10.1. The lowest BCUT2D eigenvalue weighted by Crippen LogP contribution is -1.91. The SMILES string of the molecule is OCCCCc1cccc(F)c1Br. The Kier molecular flexibility index (Phi) is 4.39. The van der Waals surface area contributed by atoms with Gasteiger partial charge in [-0.05, 0) is 46.8 Å². The molecule has 0 fully saturated rings. The van der Waals surface area contributed by atoms with E-state index in [1.807, 2.05) is 6.07 Å². The molecule has 0 bridgehead atoms. The Hall–Kier alpha value is -0.410. The van der Waals surface area contributed by atoms with Crippen molar-refractivity contribution in [2.75, 3.05) is 6.61 Å². The Morgan fingerprint density at radius 2 is 2.08 bits per heavy atom. The molecule has 0 aliphatic heterocycles. The van der Waals surface area contributed by atoms with E-state index in [1.54, 1.807) is 6.07 Å². The molecular formula is C10H12BrFO. The number of hydrogen-bond donors (Lipinski definition) is 1. The molecule has 1 N–H and O–H groups in total. The average molecular weight is 247 g/mol. The fourth-order valence-corrected chi connectivity index (χ4v) is 1.63. The van der Waals surface area contributed by atoms with Crippen LogP contribution in [0, 0.1) is 5.82 Å². The van der Waals surface area contributed by atoms with E-state index in [0.717, 1.165) is 24.8 Å². The Bertz CT molecular complexity index is 276. The Morgan fingerprint density at radius 3 is 2.77 bits per heavy atom. The topological polar surface area (TPSA) is 20.2 Å². The molecule has 72 valence electrons. The van der Waals surface area contributed by atoms with Gasteiger partial charge in [-0.15, -0.1) is 0 Å². The zero-order valence-corrected chi connectivity index (χ0v) is 8.85. The van der Waals surface area contributed by atoms with Crippen LogP contribution in [-0.4, -0.2) is 11.7 Å². The molecule has 1 aromatic rings. The van der Waals surface area contributed by atoms with E-state index >= 15 is 0 Å². The summed E-state index contributed by atoms with van der Waals surface area (Å²) in [5.74, 6) is -0.221. The Morgan fingerprint density at radius 1 is 1.31 bits per heavy atom. The first kappa shape index (κ1) is 10.7. The Labute approximate surface area is 85.7 Å². The molecule has 1 rings (SSSR count). The molecule has 13 heavy (non-hydrogen) atoms. The molecule has 0 spiro atoms. The van der Waals surface area contributed by atoms with Crippen LogP contribution in [0.2, 0.25) is 0 Å². The van der Waals surface area contributed by atoms with Crippen LogP contribution in [0.15, 0.2) is 22.7 Å². The first-order valence-electron chi connectivity index (χ1n) is 4.29. The van der Waals surface area contributed by atoms with Gasteiger partial charge in [0.15, 0.2) is 0 Å². The van der Waals surface area contributed by atoms with Crippen LogP contribution >= 0.6 is 15.9 Å². The van der Waals surface area contributed by atoms with Gasteiger partial charge in [-0.1, -0.05) is 12.1 Å². The maximum absolute atomic E-state index is 13.0. The lowest BCUT2D eigenvalue weighted by Gasteiger charge is -2.03. The summed E-state index contributed by atoms with van der Waals surface area (Å²) < 4.78 is 13.5. The third-order valence-corrected chi connectivity index (χ3v) is 2.77. The third kappa shape index (κ3) is 3.08. The summed E-state index contributed by atoms with van der Waals surface area (Å²) in [5, 5.41) is 8.58. The standard InChI is InChI=1S/C10H12BrFO/c11-10-8(4-1-2-7-13)5-3-6-9(10)12/h3,5-6,13H,1-2,4,7H2. The molecule has 1 nitrogen and oxygen atoms in total. The molecule has 1 aromatic carbocycles. The van der Waals surface area contributed by atoms with E-state index in [-0.39, 0.29) is 12.4 Å². The van der Waals surface area contributed by atoms with Gasteiger partial charge in [0.1, 0.15) is 5.82 Å². The molecule has 0 heterocycles. The summed E-state index contributed by atoms with van der Waals surface area (Å²) in [6.45, 7) is 0.201. The monoisotopic (exact) mass is 246 g/mol. The second kappa shape index (κ2) is 5.35. The van der Waals surface area contributed by atoms with Crippen molar-refractivity contribution < 1.29 is 9.50 Å². The van der Waals surface area contributed by atoms with Crippen molar-refractivity contribution in [1.29, 1.82) is 0 Å². The van der Waals surface area contributed by atoms with Crippen LogP contribution in [0.3, 0.4) is 0 Å². The zero-order valence-electron chi connectivity index (χ0n) is 7.26. The predicted molar refractivity (Wildman–Crippen MR) is 54.1 cm³/mol. The number of benzene rings is 1. The highest BCUT2D eigenvalue weighted by atomic mass is 79.9. The minimum atomic E-state index is -0.221. The first-order chi connectivity index (χ1) is 6.25. The van der Waals surface area contributed by atoms with Gasteiger partial charge in [0.25, 0.3) is 0 Å². The number of aliphatic hydroxyl groups is 1. The number of hydrogen-bond acceptors (Lipinski definition) is 1. The van der Waals surface area contributed by atoms with Gasteiger partial charge in [0.2, 0.25) is 0 Å². The molecule has 0 atom stereocenters. The summed E-state index contributed by atoms with van der Waals surface area (Å²) in [5.41, 5.74) is 0.966. The highest BCUT2D eigenvalue weighted by Gasteiger charge is 2.03. The van der Waals surface area contributed by atoms with E-state index < -0.39 is 0 Å². The molecular weight excluding hydrogens is 235 g/mol.